The van der Waals surface area contributed by atoms with Crippen LogP contribution in [0.5, 0.6) is 0 Å². The zero-order chi connectivity index (χ0) is 18.6. The first-order chi connectivity index (χ1) is 11.5. The molecule has 0 spiro atoms. The van der Waals surface area contributed by atoms with Gasteiger partial charge in [0.05, 0.1) is 15.9 Å². The van der Waals surface area contributed by atoms with Crippen molar-refractivity contribution in [3.05, 3.63) is 35.9 Å². The Bertz CT molecular complexity index is 1220. The summed E-state index contributed by atoms with van der Waals surface area (Å²) in [6, 6.07) is 7.07. The molecule has 0 saturated carbocycles. The third-order valence-electron chi connectivity index (χ3n) is 3.51. The van der Waals surface area contributed by atoms with Crippen LogP contribution in [0.25, 0.3) is 20.8 Å². The molecule has 27 heavy (non-hydrogen) atoms. The van der Waals surface area contributed by atoms with E-state index in [1.165, 1.54) is 18.2 Å². The van der Waals surface area contributed by atoms with Crippen molar-refractivity contribution in [3.8, 4) is 10.6 Å². The Morgan fingerprint density at radius 3 is 2.19 bits per heavy atom. The smallest absolute Gasteiger partial charge is 0.296 e. The number of nitrogens with two attached hydrogens (primary N) is 1. The number of aromatic nitrogens is 1. The van der Waals surface area contributed by atoms with E-state index in [-0.39, 0.29) is 74.4 Å². The predicted octanol–water partition coefficient (Wildman–Crippen LogP) is 1.59. The number of fused-ring (bicyclic) bond motifs is 1. The number of hydrogen-bond donors (Lipinski definition) is 3. The van der Waals surface area contributed by atoms with Gasteiger partial charge in [-0.05, 0) is 36.8 Å². The van der Waals surface area contributed by atoms with E-state index in [0.29, 0.717) is 21.7 Å². The van der Waals surface area contributed by atoms with Crippen LogP contribution >= 0.6 is 11.3 Å². The molecular formula is C14H12N2Na2O6S3. The zero-order valence-electron chi connectivity index (χ0n) is 14.7. The van der Waals surface area contributed by atoms with Crippen LogP contribution in [-0.4, -0.2) is 90.0 Å². The Labute approximate surface area is 204 Å². The van der Waals surface area contributed by atoms with Crippen molar-refractivity contribution in [2.75, 3.05) is 5.73 Å². The predicted molar refractivity (Wildman–Crippen MR) is 105 cm³/mol. The number of hydrogen-bond acceptors (Lipinski definition) is 7. The Balaban J connectivity index is 0.00000182. The maximum Gasteiger partial charge on any atom is 0.296 e. The van der Waals surface area contributed by atoms with E-state index in [4.69, 9.17) is 5.73 Å². The van der Waals surface area contributed by atoms with Crippen molar-refractivity contribution >= 4 is 107 Å². The second kappa shape index (κ2) is 8.76. The number of anilines is 1. The van der Waals surface area contributed by atoms with E-state index in [1.807, 2.05) is 0 Å². The van der Waals surface area contributed by atoms with E-state index in [1.54, 1.807) is 13.0 Å². The quantitative estimate of drug-likeness (QED) is 0.312. The van der Waals surface area contributed by atoms with Crippen molar-refractivity contribution in [1.82, 2.24) is 4.98 Å². The van der Waals surface area contributed by atoms with Gasteiger partial charge in [-0.2, -0.15) is 16.8 Å². The zero-order valence-corrected chi connectivity index (χ0v) is 21.1. The van der Waals surface area contributed by atoms with Crippen molar-refractivity contribution in [1.29, 1.82) is 0 Å². The van der Waals surface area contributed by atoms with Crippen LogP contribution in [0.2, 0.25) is 0 Å². The number of nitrogen functional groups attached to an aromatic ring is 1. The molecule has 8 nitrogen and oxygen atoms in total. The minimum atomic E-state index is -4.52. The van der Waals surface area contributed by atoms with Crippen molar-refractivity contribution < 1.29 is 25.9 Å². The van der Waals surface area contributed by atoms with Crippen LogP contribution < -0.4 is 5.73 Å². The summed E-state index contributed by atoms with van der Waals surface area (Å²) in [5.41, 5.74) is 6.47. The maximum atomic E-state index is 11.6. The van der Waals surface area contributed by atoms with Gasteiger partial charge in [-0.25, -0.2) is 4.98 Å². The van der Waals surface area contributed by atoms with Gasteiger partial charge in [0.1, 0.15) is 14.8 Å². The molecule has 3 aromatic rings. The average Bonchev–Trinajstić information content (AvgIpc) is 2.88. The van der Waals surface area contributed by atoms with E-state index >= 15 is 0 Å². The topological polar surface area (TPSA) is 148 Å². The number of thiazole rings is 1. The van der Waals surface area contributed by atoms with Gasteiger partial charge in [0, 0.05) is 64.7 Å². The standard InChI is InChI=1S/C14H12N2O6S3.2Na/c1-7-2-5-10-12(13(7)25(20,21)22)23-14(16-10)8-3-4-9(15)11(6-8)24(17,18)19;;/h2-6H,15H2,1H3,(H,17,18,19)(H,20,21,22);;. The van der Waals surface area contributed by atoms with Gasteiger partial charge in [0.2, 0.25) is 0 Å². The third kappa shape index (κ3) is 5.11. The van der Waals surface area contributed by atoms with Gasteiger partial charge >= 0.3 is 0 Å². The summed E-state index contributed by atoms with van der Waals surface area (Å²) in [6.07, 6.45) is 0. The molecule has 0 saturated heterocycles. The minimum absolute atomic E-state index is 0. The second-order valence-corrected chi connectivity index (χ2v) is 9.03. The molecule has 0 aliphatic rings. The minimum Gasteiger partial charge on any atom is -0.398 e. The van der Waals surface area contributed by atoms with Gasteiger partial charge in [-0.15, -0.1) is 11.3 Å². The monoisotopic (exact) mass is 446 g/mol. The summed E-state index contributed by atoms with van der Waals surface area (Å²) < 4.78 is 65.0. The van der Waals surface area contributed by atoms with Gasteiger partial charge < -0.3 is 5.73 Å². The fourth-order valence-electron chi connectivity index (χ4n) is 2.40. The normalized spacial score (nSPS) is 11.7. The largest absolute Gasteiger partial charge is 0.398 e. The van der Waals surface area contributed by atoms with Gasteiger partial charge in [0.15, 0.2) is 0 Å². The van der Waals surface area contributed by atoms with Crippen molar-refractivity contribution in [3.63, 3.8) is 0 Å². The molecule has 1 aromatic heterocycles. The van der Waals surface area contributed by atoms with E-state index in [9.17, 15) is 25.9 Å². The van der Waals surface area contributed by atoms with Crippen LogP contribution in [-0.2, 0) is 20.2 Å². The molecule has 0 unspecified atom stereocenters. The van der Waals surface area contributed by atoms with Gasteiger partial charge in [0.25, 0.3) is 20.2 Å². The number of benzene rings is 2. The first-order valence-electron chi connectivity index (χ1n) is 6.73. The maximum absolute atomic E-state index is 11.6. The first kappa shape index (κ1) is 25.0. The molecule has 0 aliphatic carbocycles. The fourth-order valence-corrected chi connectivity index (χ4v) is 5.35. The Morgan fingerprint density at radius 1 is 1.00 bits per heavy atom. The molecule has 134 valence electrons. The fraction of sp³-hybridized carbons (Fsp3) is 0.0714. The summed E-state index contributed by atoms with van der Waals surface area (Å²) in [4.78, 5) is 3.58. The summed E-state index contributed by atoms with van der Waals surface area (Å²) in [7, 11) is -8.97. The first-order valence-corrected chi connectivity index (χ1v) is 10.4. The van der Waals surface area contributed by atoms with Gasteiger partial charge in [-0.3, -0.25) is 9.11 Å². The second-order valence-electron chi connectivity index (χ2n) is 5.28. The van der Waals surface area contributed by atoms with Crippen LogP contribution in [0.3, 0.4) is 0 Å². The Morgan fingerprint density at radius 2 is 1.63 bits per heavy atom. The summed E-state index contributed by atoms with van der Waals surface area (Å²) in [5, 5.41) is 0.315. The molecule has 4 N–H and O–H groups in total. The molecule has 1 heterocycles. The molecule has 0 bridgehead atoms. The molecule has 3 rings (SSSR count). The number of rotatable bonds is 3. The van der Waals surface area contributed by atoms with E-state index < -0.39 is 25.1 Å². The van der Waals surface area contributed by atoms with Gasteiger partial charge in [-0.1, -0.05) is 6.07 Å². The molecule has 2 aromatic carbocycles. The Kier molecular flexibility index (Phi) is 8.10. The molecule has 2 radical (unpaired) electrons. The SMILES string of the molecule is Cc1ccc2nc(-c3ccc(N)c(S(=O)(=O)O)c3)sc2c1S(=O)(=O)O.[Na].[Na]. The molecule has 0 aliphatic heterocycles. The van der Waals surface area contributed by atoms with E-state index in [2.05, 4.69) is 4.98 Å². The Hall–Kier alpha value is -0.0500. The third-order valence-corrected chi connectivity index (χ3v) is 6.72. The molecule has 0 amide bonds. The van der Waals surface area contributed by atoms with Crippen molar-refractivity contribution in [2.45, 2.75) is 16.7 Å². The van der Waals surface area contributed by atoms with Crippen LogP contribution in [0.1, 0.15) is 5.56 Å². The van der Waals surface area contributed by atoms with Crippen LogP contribution in [0.4, 0.5) is 5.69 Å². The summed E-state index contributed by atoms with van der Waals surface area (Å²) >= 11 is 0.976. The van der Waals surface area contributed by atoms with E-state index in [0.717, 1.165) is 17.4 Å². The summed E-state index contributed by atoms with van der Waals surface area (Å²) in [5.74, 6) is 0. The van der Waals surface area contributed by atoms with Crippen LogP contribution in [0, 0.1) is 6.92 Å². The molecule has 13 heteroatoms. The van der Waals surface area contributed by atoms with Crippen LogP contribution in [0.15, 0.2) is 40.1 Å². The number of nitrogens with zero attached hydrogens (tertiary/aromatic N) is 1. The number of aryl methyl sites for hydroxylation is 1. The molecule has 0 fully saturated rings. The average molecular weight is 446 g/mol. The molecular weight excluding hydrogens is 434 g/mol. The molecule has 0 atom stereocenters. The summed E-state index contributed by atoms with van der Waals surface area (Å²) in [6.45, 7) is 1.54. The van der Waals surface area contributed by atoms with Crippen molar-refractivity contribution in [2.24, 2.45) is 0 Å².